The molecule has 1 aliphatic rings. The summed E-state index contributed by atoms with van der Waals surface area (Å²) >= 11 is 0. The molecule has 64 valence electrons. The van der Waals surface area contributed by atoms with Gasteiger partial charge in [-0.05, 0) is 31.1 Å². The Morgan fingerprint density at radius 1 is 1.45 bits per heavy atom. The van der Waals surface area contributed by atoms with Crippen LogP contribution in [-0.4, -0.2) is 12.3 Å². The number of hydrogen-bond acceptors (Lipinski definition) is 1. The summed E-state index contributed by atoms with van der Waals surface area (Å²) in [6.07, 6.45) is 3.96. The molecule has 0 N–H and O–H groups in total. The Kier molecular flexibility index (Phi) is 3.10. The smallest absolute Gasteiger partial charge is 0.0386 e. The average Bonchev–Trinajstić information content (AvgIpc) is 2.71. The predicted octanol–water partition coefficient (Wildman–Crippen LogP) is 2.90. The van der Waals surface area contributed by atoms with Crippen LogP contribution in [0.25, 0.3) is 0 Å². The molecule has 1 heteroatoms. The Morgan fingerprint density at radius 2 is 2.09 bits per heavy atom. The standard InChI is InChI=1S/C10H19N/c1-4-7-11-10(8(2)3)9-5-6-9/h8-9H,4-7H2,1-3H3. The van der Waals surface area contributed by atoms with Gasteiger partial charge in [0.25, 0.3) is 0 Å². The molecule has 1 nitrogen and oxygen atoms in total. The Balaban J connectivity index is 2.43. The van der Waals surface area contributed by atoms with E-state index in [1.807, 2.05) is 0 Å². The zero-order valence-corrected chi connectivity index (χ0v) is 7.93. The lowest BCUT2D eigenvalue weighted by Gasteiger charge is -2.07. The van der Waals surface area contributed by atoms with Crippen LogP contribution in [0.2, 0.25) is 0 Å². The molecule has 11 heavy (non-hydrogen) atoms. The van der Waals surface area contributed by atoms with Gasteiger partial charge in [-0.2, -0.15) is 0 Å². The van der Waals surface area contributed by atoms with Crippen LogP contribution in [0.4, 0.5) is 0 Å². The van der Waals surface area contributed by atoms with E-state index in [-0.39, 0.29) is 0 Å². The fraction of sp³-hybridized carbons (Fsp3) is 0.900. The predicted molar refractivity (Wildman–Crippen MR) is 50.2 cm³/mol. The number of hydrogen-bond donors (Lipinski definition) is 0. The van der Waals surface area contributed by atoms with E-state index in [1.54, 1.807) is 0 Å². The Morgan fingerprint density at radius 3 is 2.45 bits per heavy atom. The summed E-state index contributed by atoms with van der Waals surface area (Å²) in [5.41, 5.74) is 1.48. The van der Waals surface area contributed by atoms with E-state index in [0.717, 1.165) is 12.5 Å². The molecule has 0 bridgehead atoms. The van der Waals surface area contributed by atoms with Crippen LogP contribution in [0.15, 0.2) is 4.99 Å². The normalized spacial score (nSPS) is 19.5. The van der Waals surface area contributed by atoms with Crippen molar-refractivity contribution in [3.63, 3.8) is 0 Å². The zero-order chi connectivity index (χ0) is 8.27. The van der Waals surface area contributed by atoms with Crippen molar-refractivity contribution in [3.05, 3.63) is 0 Å². The molecular formula is C10H19N. The molecule has 0 unspecified atom stereocenters. The molecule has 0 aromatic rings. The maximum atomic E-state index is 4.62. The lowest BCUT2D eigenvalue weighted by Crippen LogP contribution is -2.10. The van der Waals surface area contributed by atoms with E-state index in [9.17, 15) is 0 Å². The Bertz CT molecular complexity index is 139. The first-order chi connectivity index (χ1) is 5.25. The molecule has 0 saturated heterocycles. The fourth-order valence-corrected chi connectivity index (χ4v) is 1.40. The van der Waals surface area contributed by atoms with E-state index >= 15 is 0 Å². The van der Waals surface area contributed by atoms with Gasteiger partial charge in [-0.25, -0.2) is 0 Å². The molecule has 0 spiro atoms. The van der Waals surface area contributed by atoms with Crippen molar-refractivity contribution in [2.24, 2.45) is 16.8 Å². The second kappa shape index (κ2) is 3.89. The van der Waals surface area contributed by atoms with Gasteiger partial charge in [-0.15, -0.1) is 0 Å². The summed E-state index contributed by atoms with van der Waals surface area (Å²) in [5.74, 6) is 1.54. The molecule has 1 aliphatic carbocycles. The van der Waals surface area contributed by atoms with Crippen LogP contribution >= 0.6 is 0 Å². The molecule has 0 aliphatic heterocycles. The summed E-state index contributed by atoms with van der Waals surface area (Å²) in [6.45, 7) is 7.73. The molecule has 0 aromatic carbocycles. The number of nitrogens with zero attached hydrogens (tertiary/aromatic N) is 1. The van der Waals surface area contributed by atoms with Crippen molar-refractivity contribution in [1.82, 2.24) is 0 Å². The fourth-order valence-electron chi connectivity index (χ4n) is 1.40. The maximum Gasteiger partial charge on any atom is 0.0386 e. The van der Waals surface area contributed by atoms with Crippen molar-refractivity contribution in [3.8, 4) is 0 Å². The summed E-state index contributed by atoms with van der Waals surface area (Å²) in [6, 6.07) is 0. The first-order valence-corrected chi connectivity index (χ1v) is 4.80. The second-order valence-corrected chi connectivity index (χ2v) is 3.74. The first kappa shape index (κ1) is 8.76. The van der Waals surface area contributed by atoms with E-state index in [1.165, 1.54) is 25.0 Å². The van der Waals surface area contributed by atoms with Crippen LogP contribution < -0.4 is 0 Å². The Labute approximate surface area is 69.9 Å². The molecule has 1 saturated carbocycles. The van der Waals surface area contributed by atoms with E-state index in [2.05, 4.69) is 25.8 Å². The minimum absolute atomic E-state index is 0.675. The van der Waals surface area contributed by atoms with Gasteiger partial charge in [0.1, 0.15) is 0 Å². The van der Waals surface area contributed by atoms with Crippen LogP contribution in [-0.2, 0) is 0 Å². The van der Waals surface area contributed by atoms with Gasteiger partial charge in [-0.3, -0.25) is 4.99 Å². The van der Waals surface area contributed by atoms with Crippen LogP contribution in [0.1, 0.15) is 40.0 Å². The van der Waals surface area contributed by atoms with Gasteiger partial charge in [0.15, 0.2) is 0 Å². The molecule has 0 aromatic heterocycles. The van der Waals surface area contributed by atoms with Crippen molar-refractivity contribution in [2.75, 3.05) is 6.54 Å². The van der Waals surface area contributed by atoms with Gasteiger partial charge >= 0.3 is 0 Å². The molecule has 0 heterocycles. The summed E-state index contributed by atoms with van der Waals surface area (Å²) in [4.78, 5) is 4.62. The monoisotopic (exact) mass is 153 g/mol. The molecule has 1 fully saturated rings. The largest absolute Gasteiger partial charge is 0.294 e. The minimum atomic E-state index is 0.675. The van der Waals surface area contributed by atoms with Crippen molar-refractivity contribution >= 4 is 5.71 Å². The SMILES string of the molecule is CCCN=C(C(C)C)C1CC1. The van der Waals surface area contributed by atoms with Gasteiger partial charge in [0, 0.05) is 12.3 Å². The topological polar surface area (TPSA) is 12.4 Å². The van der Waals surface area contributed by atoms with Crippen LogP contribution in [0, 0.1) is 11.8 Å². The lowest BCUT2D eigenvalue weighted by molar-refractivity contribution is 0.813. The van der Waals surface area contributed by atoms with Gasteiger partial charge < -0.3 is 0 Å². The number of rotatable bonds is 4. The molecule has 0 amide bonds. The first-order valence-electron chi connectivity index (χ1n) is 4.80. The lowest BCUT2D eigenvalue weighted by atomic mass is 10.0. The minimum Gasteiger partial charge on any atom is -0.294 e. The summed E-state index contributed by atoms with van der Waals surface area (Å²) in [5, 5.41) is 0. The molecular weight excluding hydrogens is 134 g/mol. The highest BCUT2D eigenvalue weighted by atomic mass is 14.8. The second-order valence-electron chi connectivity index (χ2n) is 3.74. The third kappa shape index (κ3) is 2.64. The third-order valence-electron chi connectivity index (χ3n) is 2.11. The van der Waals surface area contributed by atoms with Crippen molar-refractivity contribution < 1.29 is 0 Å². The zero-order valence-electron chi connectivity index (χ0n) is 7.93. The summed E-state index contributed by atoms with van der Waals surface area (Å²) in [7, 11) is 0. The van der Waals surface area contributed by atoms with Crippen molar-refractivity contribution in [2.45, 2.75) is 40.0 Å². The van der Waals surface area contributed by atoms with E-state index in [0.29, 0.717) is 5.92 Å². The van der Waals surface area contributed by atoms with Gasteiger partial charge in [0.2, 0.25) is 0 Å². The van der Waals surface area contributed by atoms with Gasteiger partial charge in [0.05, 0.1) is 0 Å². The van der Waals surface area contributed by atoms with Crippen LogP contribution in [0.3, 0.4) is 0 Å². The Hall–Kier alpha value is -0.330. The third-order valence-corrected chi connectivity index (χ3v) is 2.11. The van der Waals surface area contributed by atoms with E-state index in [4.69, 9.17) is 0 Å². The molecule has 0 atom stereocenters. The summed E-state index contributed by atoms with van der Waals surface area (Å²) < 4.78 is 0. The maximum absolute atomic E-state index is 4.62. The molecule has 0 radical (unpaired) electrons. The van der Waals surface area contributed by atoms with Crippen LogP contribution in [0.5, 0.6) is 0 Å². The molecule has 1 rings (SSSR count). The number of aliphatic imine (C=N–C) groups is 1. The highest BCUT2D eigenvalue weighted by Crippen LogP contribution is 2.33. The van der Waals surface area contributed by atoms with E-state index < -0.39 is 0 Å². The highest BCUT2D eigenvalue weighted by molar-refractivity contribution is 5.90. The average molecular weight is 153 g/mol. The van der Waals surface area contributed by atoms with Gasteiger partial charge in [-0.1, -0.05) is 20.8 Å². The quantitative estimate of drug-likeness (QED) is 0.551. The highest BCUT2D eigenvalue weighted by Gasteiger charge is 2.28. The van der Waals surface area contributed by atoms with Crippen molar-refractivity contribution in [1.29, 1.82) is 0 Å².